The molecule has 0 radical (unpaired) electrons. The predicted octanol–water partition coefficient (Wildman–Crippen LogP) is 5.49. The first-order valence-corrected chi connectivity index (χ1v) is 9.40. The molecule has 2 aromatic carbocycles. The second-order valence-electron chi connectivity index (χ2n) is 6.27. The van der Waals surface area contributed by atoms with Crippen LogP contribution in [0.4, 0.5) is 5.69 Å². The summed E-state index contributed by atoms with van der Waals surface area (Å²) < 4.78 is 5.88. The van der Waals surface area contributed by atoms with Gasteiger partial charge in [-0.05, 0) is 43.0 Å². The molecule has 1 aliphatic rings. The summed E-state index contributed by atoms with van der Waals surface area (Å²) in [6, 6.07) is 21.6. The quantitative estimate of drug-likeness (QED) is 0.570. The fraction of sp³-hybridized carbons (Fsp3) is 0.0909. The number of amides is 1. The highest BCUT2D eigenvalue weighted by Crippen LogP contribution is 2.34. The maximum Gasteiger partial charge on any atom is 0.266 e. The van der Waals surface area contributed by atoms with E-state index >= 15 is 0 Å². The van der Waals surface area contributed by atoms with E-state index in [1.807, 2.05) is 73.7 Å². The number of aryl methyl sites for hydroxylation is 1. The molecule has 0 N–H and O–H groups in total. The molecule has 0 bridgehead atoms. The first-order chi connectivity index (χ1) is 13.1. The van der Waals surface area contributed by atoms with Gasteiger partial charge in [-0.25, -0.2) is 4.99 Å². The number of hydrogen-bond donors (Lipinski definition) is 0. The molecular formula is C22H18N2O2S. The van der Waals surface area contributed by atoms with Gasteiger partial charge in [0.15, 0.2) is 5.17 Å². The van der Waals surface area contributed by atoms with E-state index < -0.39 is 0 Å². The number of likely N-dealkylation sites (N-methyl/N-ethyl adjacent to an activating group) is 1. The molecule has 0 atom stereocenters. The van der Waals surface area contributed by atoms with Crippen molar-refractivity contribution in [2.75, 3.05) is 7.05 Å². The second-order valence-corrected chi connectivity index (χ2v) is 7.28. The molecule has 0 saturated carbocycles. The van der Waals surface area contributed by atoms with Crippen LogP contribution in [-0.2, 0) is 4.79 Å². The number of hydrogen-bond acceptors (Lipinski definition) is 4. The molecular weight excluding hydrogens is 356 g/mol. The van der Waals surface area contributed by atoms with Crippen LogP contribution in [0.3, 0.4) is 0 Å². The van der Waals surface area contributed by atoms with E-state index in [1.54, 1.807) is 18.0 Å². The first-order valence-electron chi connectivity index (χ1n) is 8.58. The van der Waals surface area contributed by atoms with Crippen molar-refractivity contribution in [2.45, 2.75) is 6.92 Å². The van der Waals surface area contributed by atoms with E-state index in [0.29, 0.717) is 15.8 Å². The molecule has 27 heavy (non-hydrogen) atoms. The van der Waals surface area contributed by atoms with Gasteiger partial charge >= 0.3 is 0 Å². The number of amidine groups is 1. The Bertz CT molecular complexity index is 1030. The number of benzene rings is 2. The standard InChI is InChI=1S/C22H18N2O2S/c1-15-8-10-17(11-9-15)23-22-24(2)21(25)20(27-22)14-18-12-13-19(26-18)16-6-4-3-5-7-16/h3-14H,1-2H3/b20-14-,23-22?. The Morgan fingerprint density at radius 1 is 1.00 bits per heavy atom. The number of aliphatic imine (C=N–C) groups is 1. The lowest BCUT2D eigenvalue weighted by molar-refractivity contribution is -0.121. The van der Waals surface area contributed by atoms with Gasteiger partial charge in [-0.15, -0.1) is 0 Å². The van der Waals surface area contributed by atoms with Crippen LogP contribution in [0.5, 0.6) is 0 Å². The van der Waals surface area contributed by atoms with Crippen LogP contribution in [0.1, 0.15) is 11.3 Å². The summed E-state index contributed by atoms with van der Waals surface area (Å²) in [5, 5.41) is 0.657. The largest absolute Gasteiger partial charge is 0.457 e. The molecule has 0 spiro atoms. The lowest BCUT2D eigenvalue weighted by Gasteiger charge is -2.07. The number of nitrogens with zero attached hydrogens (tertiary/aromatic N) is 2. The fourth-order valence-corrected chi connectivity index (χ4v) is 3.67. The van der Waals surface area contributed by atoms with Crippen molar-refractivity contribution in [3.05, 3.63) is 83.0 Å². The zero-order valence-electron chi connectivity index (χ0n) is 15.0. The van der Waals surface area contributed by atoms with Gasteiger partial charge in [-0.1, -0.05) is 48.0 Å². The van der Waals surface area contributed by atoms with Crippen molar-refractivity contribution in [1.82, 2.24) is 4.90 Å². The van der Waals surface area contributed by atoms with Crippen LogP contribution in [0.2, 0.25) is 0 Å². The average Bonchev–Trinajstić information content (AvgIpc) is 3.26. The SMILES string of the molecule is Cc1ccc(N=C2S/C(=C\c3ccc(-c4ccccc4)o3)C(=O)N2C)cc1. The normalized spacial score (nSPS) is 17.3. The van der Waals surface area contributed by atoms with Crippen LogP contribution in [0.15, 0.2) is 81.0 Å². The second kappa shape index (κ2) is 7.29. The highest BCUT2D eigenvalue weighted by molar-refractivity contribution is 8.18. The van der Waals surface area contributed by atoms with Gasteiger partial charge in [-0.3, -0.25) is 9.69 Å². The topological polar surface area (TPSA) is 45.8 Å². The minimum absolute atomic E-state index is 0.0801. The van der Waals surface area contributed by atoms with Gasteiger partial charge < -0.3 is 4.42 Å². The molecule has 1 saturated heterocycles. The molecule has 2 heterocycles. The number of furan rings is 1. The molecule has 0 unspecified atom stereocenters. The van der Waals surface area contributed by atoms with Gasteiger partial charge in [0.25, 0.3) is 5.91 Å². The van der Waals surface area contributed by atoms with Crippen LogP contribution in [-0.4, -0.2) is 23.0 Å². The smallest absolute Gasteiger partial charge is 0.266 e. The minimum atomic E-state index is -0.0801. The average molecular weight is 374 g/mol. The van der Waals surface area contributed by atoms with Gasteiger partial charge in [0.05, 0.1) is 10.6 Å². The lowest BCUT2D eigenvalue weighted by atomic mass is 10.2. The van der Waals surface area contributed by atoms with E-state index in [9.17, 15) is 4.79 Å². The van der Waals surface area contributed by atoms with Gasteiger partial charge in [0, 0.05) is 18.7 Å². The third kappa shape index (κ3) is 3.73. The third-order valence-electron chi connectivity index (χ3n) is 4.22. The van der Waals surface area contributed by atoms with Crippen molar-refractivity contribution >= 4 is 34.6 Å². The third-order valence-corrected chi connectivity index (χ3v) is 5.28. The first kappa shape index (κ1) is 17.4. The van der Waals surface area contributed by atoms with E-state index in [4.69, 9.17) is 4.42 Å². The summed E-state index contributed by atoms with van der Waals surface area (Å²) in [5.74, 6) is 1.35. The van der Waals surface area contributed by atoms with Gasteiger partial charge in [0.1, 0.15) is 11.5 Å². The molecule has 1 aliphatic heterocycles. The van der Waals surface area contributed by atoms with Crippen molar-refractivity contribution < 1.29 is 9.21 Å². The molecule has 3 aromatic rings. The zero-order chi connectivity index (χ0) is 18.8. The lowest BCUT2D eigenvalue weighted by Crippen LogP contribution is -2.23. The van der Waals surface area contributed by atoms with Crippen molar-refractivity contribution in [3.8, 4) is 11.3 Å². The van der Waals surface area contributed by atoms with Gasteiger partial charge in [-0.2, -0.15) is 0 Å². The fourth-order valence-electron chi connectivity index (χ4n) is 2.70. The summed E-state index contributed by atoms with van der Waals surface area (Å²) in [7, 11) is 1.74. The minimum Gasteiger partial charge on any atom is -0.457 e. The summed E-state index contributed by atoms with van der Waals surface area (Å²) in [6.45, 7) is 2.03. The van der Waals surface area contributed by atoms with Crippen LogP contribution in [0.25, 0.3) is 17.4 Å². The molecule has 4 rings (SSSR count). The van der Waals surface area contributed by atoms with Gasteiger partial charge in [0.2, 0.25) is 0 Å². The Balaban J connectivity index is 1.58. The highest BCUT2D eigenvalue weighted by atomic mass is 32.2. The maximum absolute atomic E-state index is 12.6. The Hall–Kier alpha value is -3.05. The Morgan fingerprint density at radius 3 is 2.48 bits per heavy atom. The van der Waals surface area contributed by atoms with Crippen molar-refractivity contribution in [1.29, 1.82) is 0 Å². The van der Waals surface area contributed by atoms with Crippen molar-refractivity contribution in [3.63, 3.8) is 0 Å². The number of thioether (sulfide) groups is 1. The summed E-state index contributed by atoms with van der Waals surface area (Å²) in [4.78, 5) is 19.3. The maximum atomic E-state index is 12.6. The monoisotopic (exact) mass is 374 g/mol. The van der Waals surface area contributed by atoms with Crippen LogP contribution in [0, 0.1) is 6.92 Å². The Labute approximate surface area is 162 Å². The molecule has 1 fully saturated rings. The Kier molecular flexibility index (Phi) is 4.69. The molecule has 0 aliphatic carbocycles. The molecule has 5 heteroatoms. The molecule has 1 aromatic heterocycles. The van der Waals surface area contributed by atoms with E-state index in [1.165, 1.54) is 17.3 Å². The predicted molar refractivity (Wildman–Crippen MR) is 111 cm³/mol. The highest BCUT2D eigenvalue weighted by Gasteiger charge is 2.30. The van der Waals surface area contributed by atoms with Crippen molar-refractivity contribution in [2.24, 2.45) is 4.99 Å². The Morgan fingerprint density at radius 2 is 1.74 bits per heavy atom. The molecule has 134 valence electrons. The zero-order valence-corrected chi connectivity index (χ0v) is 15.9. The number of carbonyl (C=O) groups excluding carboxylic acids is 1. The van der Waals surface area contributed by atoms with E-state index in [2.05, 4.69) is 4.99 Å². The van der Waals surface area contributed by atoms with E-state index in [0.717, 1.165) is 17.0 Å². The molecule has 1 amide bonds. The summed E-state index contributed by atoms with van der Waals surface area (Å²) in [5.41, 5.74) is 3.01. The number of carbonyl (C=O) groups is 1. The number of rotatable bonds is 3. The van der Waals surface area contributed by atoms with E-state index in [-0.39, 0.29) is 5.91 Å². The van der Waals surface area contributed by atoms with Crippen LogP contribution >= 0.6 is 11.8 Å². The summed E-state index contributed by atoms with van der Waals surface area (Å²) >= 11 is 1.35. The molecule has 4 nitrogen and oxygen atoms in total. The summed E-state index contributed by atoms with van der Waals surface area (Å²) in [6.07, 6.45) is 1.77. The van der Waals surface area contributed by atoms with Crippen LogP contribution < -0.4 is 0 Å².